The van der Waals surface area contributed by atoms with Crippen LogP contribution in [0.25, 0.3) is 0 Å². The zero-order valence-electron chi connectivity index (χ0n) is 16.1. The van der Waals surface area contributed by atoms with Gasteiger partial charge in [0.25, 0.3) is 0 Å². The van der Waals surface area contributed by atoms with E-state index < -0.39 is 5.97 Å². The molecule has 0 atom stereocenters. The topological polar surface area (TPSA) is 72.8 Å². The number of carboxylic acids is 1. The van der Waals surface area contributed by atoms with Crippen molar-refractivity contribution in [1.29, 1.82) is 0 Å². The number of carbonyl (C=O) groups is 2. The highest BCUT2D eigenvalue weighted by Crippen LogP contribution is 2.10. The molecular weight excluding hydrogens is 320 g/mol. The summed E-state index contributed by atoms with van der Waals surface area (Å²) in [5.74, 6) is -1.10. The fourth-order valence-electron chi connectivity index (χ4n) is 2.63. The van der Waals surface area contributed by atoms with Gasteiger partial charge in [0, 0.05) is 19.4 Å². The lowest BCUT2D eigenvalue weighted by Crippen LogP contribution is -2.11. The minimum Gasteiger partial charge on any atom is -0.481 e. The van der Waals surface area contributed by atoms with Crippen molar-refractivity contribution in [3.8, 4) is 0 Å². The second kappa shape index (κ2) is 19.2. The van der Waals surface area contributed by atoms with E-state index in [9.17, 15) is 9.59 Å². The highest BCUT2D eigenvalue weighted by atomic mass is 16.6. The summed E-state index contributed by atoms with van der Waals surface area (Å²) in [5, 5.41) is 8.49. The summed E-state index contributed by atoms with van der Waals surface area (Å²) >= 11 is 0. The molecule has 5 nitrogen and oxygen atoms in total. The second-order valence-corrected chi connectivity index (χ2v) is 6.62. The van der Waals surface area contributed by atoms with Gasteiger partial charge in [0.05, 0.1) is 6.61 Å². The Morgan fingerprint density at radius 1 is 0.680 bits per heavy atom. The van der Waals surface area contributed by atoms with Gasteiger partial charge in [0.15, 0.2) is 0 Å². The summed E-state index contributed by atoms with van der Waals surface area (Å²) in [4.78, 5) is 21.7. The van der Waals surface area contributed by atoms with Gasteiger partial charge in [-0.25, -0.2) is 0 Å². The first kappa shape index (κ1) is 23.9. The van der Waals surface area contributed by atoms with E-state index in [1.54, 1.807) is 0 Å². The van der Waals surface area contributed by atoms with Gasteiger partial charge >= 0.3 is 11.9 Å². The minimum atomic E-state index is -0.825. The third-order valence-electron chi connectivity index (χ3n) is 4.15. The lowest BCUT2D eigenvalue weighted by Gasteiger charge is -2.06. The van der Waals surface area contributed by atoms with Crippen molar-refractivity contribution >= 4 is 11.9 Å². The fraction of sp³-hybridized carbons (Fsp3) is 0.900. The summed E-state index contributed by atoms with van der Waals surface area (Å²) in [6.45, 7) is 3.71. The van der Waals surface area contributed by atoms with E-state index in [4.69, 9.17) is 14.6 Å². The zero-order chi connectivity index (χ0) is 18.6. The number of carboxylic acid groups (broad SMARTS) is 1. The molecule has 0 aliphatic rings. The summed E-state index contributed by atoms with van der Waals surface area (Å²) in [6, 6.07) is 0. The average Bonchev–Trinajstić information content (AvgIpc) is 2.59. The molecule has 0 aromatic carbocycles. The molecule has 0 aliphatic heterocycles. The van der Waals surface area contributed by atoms with Gasteiger partial charge in [-0.15, -0.1) is 0 Å². The van der Waals surface area contributed by atoms with Crippen LogP contribution >= 0.6 is 0 Å². The first-order chi connectivity index (χ1) is 12.2. The van der Waals surface area contributed by atoms with Gasteiger partial charge in [-0.05, 0) is 19.3 Å². The maximum absolute atomic E-state index is 11.4. The van der Waals surface area contributed by atoms with Crippen LogP contribution in [-0.2, 0) is 19.1 Å². The number of hydrogen-bond acceptors (Lipinski definition) is 4. The van der Waals surface area contributed by atoms with Gasteiger partial charge in [-0.3, -0.25) is 9.59 Å². The number of hydrogen-bond donors (Lipinski definition) is 1. The van der Waals surface area contributed by atoms with Crippen LogP contribution in [0.5, 0.6) is 0 Å². The molecule has 0 amide bonds. The average molecular weight is 359 g/mol. The minimum absolute atomic E-state index is 0.106. The predicted molar refractivity (Wildman–Crippen MR) is 99.7 cm³/mol. The lowest BCUT2D eigenvalue weighted by atomic mass is 10.1. The van der Waals surface area contributed by atoms with Gasteiger partial charge in [0.2, 0.25) is 0 Å². The van der Waals surface area contributed by atoms with Crippen LogP contribution in [0.4, 0.5) is 0 Å². The maximum Gasteiger partial charge on any atom is 0.305 e. The van der Waals surface area contributed by atoms with Gasteiger partial charge in [-0.1, -0.05) is 64.7 Å². The molecule has 0 aromatic rings. The molecule has 5 heteroatoms. The van der Waals surface area contributed by atoms with E-state index in [0.717, 1.165) is 13.0 Å². The SMILES string of the molecule is CCCCCCCCCCCCOCCOC(=O)CCCCC(=O)O. The third-order valence-corrected chi connectivity index (χ3v) is 4.15. The van der Waals surface area contributed by atoms with Gasteiger partial charge in [0.1, 0.15) is 6.61 Å². The first-order valence-corrected chi connectivity index (χ1v) is 10.1. The molecule has 0 fully saturated rings. The lowest BCUT2D eigenvalue weighted by molar-refractivity contribution is -0.145. The highest BCUT2D eigenvalue weighted by Gasteiger charge is 2.04. The molecule has 0 rings (SSSR count). The van der Waals surface area contributed by atoms with Crippen LogP contribution in [-0.4, -0.2) is 36.9 Å². The molecule has 0 heterocycles. The van der Waals surface area contributed by atoms with Crippen LogP contribution in [0.15, 0.2) is 0 Å². The molecule has 1 N–H and O–H groups in total. The molecule has 0 bridgehead atoms. The van der Waals surface area contributed by atoms with E-state index in [1.165, 1.54) is 57.8 Å². The number of rotatable bonds is 19. The number of ether oxygens (including phenoxy) is 2. The molecule has 0 saturated carbocycles. The van der Waals surface area contributed by atoms with Crippen LogP contribution in [0.2, 0.25) is 0 Å². The molecule has 0 aliphatic carbocycles. The van der Waals surface area contributed by atoms with Crippen molar-refractivity contribution in [3.05, 3.63) is 0 Å². The van der Waals surface area contributed by atoms with Crippen molar-refractivity contribution in [3.63, 3.8) is 0 Å². The van der Waals surface area contributed by atoms with Crippen molar-refractivity contribution < 1.29 is 24.2 Å². The van der Waals surface area contributed by atoms with E-state index >= 15 is 0 Å². The molecule has 148 valence electrons. The van der Waals surface area contributed by atoms with Crippen LogP contribution in [0.3, 0.4) is 0 Å². The summed E-state index contributed by atoms with van der Waals surface area (Å²) in [7, 11) is 0. The van der Waals surface area contributed by atoms with Crippen molar-refractivity contribution in [2.45, 2.75) is 96.8 Å². The first-order valence-electron chi connectivity index (χ1n) is 10.1. The monoisotopic (exact) mass is 358 g/mol. The molecule has 0 unspecified atom stereocenters. The van der Waals surface area contributed by atoms with Crippen molar-refractivity contribution in [1.82, 2.24) is 0 Å². The zero-order valence-corrected chi connectivity index (χ0v) is 16.1. The molecule has 0 aromatic heterocycles. The van der Waals surface area contributed by atoms with Gasteiger partial charge < -0.3 is 14.6 Å². The standard InChI is InChI=1S/C20H38O5/c1-2-3-4-5-6-7-8-9-10-13-16-24-17-18-25-20(23)15-12-11-14-19(21)22/h2-18H2,1H3,(H,21,22). The Kier molecular flexibility index (Phi) is 18.4. The third kappa shape index (κ3) is 20.9. The van der Waals surface area contributed by atoms with Crippen LogP contribution in [0, 0.1) is 0 Å². The summed E-state index contributed by atoms with van der Waals surface area (Å²) in [6.07, 6.45) is 14.5. The molecule has 0 radical (unpaired) electrons. The fourth-order valence-corrected chi connectivity index (χ4v) is 2.63. The number of carbonyl (C=O) groups excluding carboxylic acids is 1. The Labute approximate surface area is 153 Å². The quantitative estimate of drug-likeness (QED) is 0.256. The summed E-state index contributed by atoms with van der Waals surface area (Å²) in [5.41, 5.74) is 0. The Morgan fingerprint density at radius 3 is 1.84 bits per heavy atom. The van der Waals surface area contributed by atoms with E-state index in [0.29, 0.717) is 19.4 Å². The Bertz CT molecular complexity index is 317. The Balaban J connectivity index is 3.13. The van der Waals surface area contributed by atoms with E-state index in [2.05, 4.69) is 6.92 Å². The van der Waals surface area contributed by atoms with E-state index in [-0.39, 0.29) is 25.4 Å². The van der Waals surface area contributed by atoms with Crippen LogP contribution in [0.1, 0.15) is 96.8 Å². The number of unbranched alkanes of at least 4 members (excludes halogenated alkanes) is 10. The molecular formula is C20H38O5. The molecule has 0 spiro atoms. The Hall–Kier alpha value is -1.10. The van der Waals surface area contributed by atoms with Crippen molar-refractivity contribution in [2.24, 2.45) is 0 Å². The van der Waals surface area contributed by atoms with Crippen molar-refractivity contribution in [2.75, 3.05) is 19.8 Å². The van der Waals surface area contributed by atoms with Gasteiger partial charge in [-0.2, -0.15) is 0 Å². The molecule has 0 saturated heterocycles. The maximum atomic E-state index is 11.4. The highest BCUT2D eigenvalue weighted by molar-refractivity contribution is 5.69. The van der Waals surface area contributed by atoms with E-state index in [1.807, 2.05) is 0 Å². The smallest absolute Gasteiger partial charge is 0.305 e. The largest absolute Gasteiger partial charge is 0.481 e. The Morgan fingerprint density at radius 2 is 1.24 bits per heavy atom. The number of aliphatic carboxylic acids is 1. The molecule has 25 heavy (non-hydrogen) atoms. The number of esters is 1. The predicted octanol–water partition coefficient (Wildman–Crippen LogP) is 5.11. The second-order valence-electron chi connectivity index (χ2n) is 6.62. The summed E-state index contributed by atoms with van der Waals surface area (Å²) < 4.78 is 10.5. The normalized spacial score (nSPS) is 10.8. The van der Waals surface area contributed by atoms with Crippen LogP contribution < -0.4 is 0 Å².